The molecule has 0 spiro atoms. The van der Waals surface area contributed by atoms with Crippen molar-refractivity contribution in [1.29, 1.82) is 0 Å². The second-order valence-corrected chi connectivity index (χ2v) is 2.87. The number of primary amides is 1. The van der Waals surface area contributed by atoms with Crippen LogP contribution in [0.4, 0.5) is 0 Å². The third-order valence-corrected chi connectivity index (χ3v) is 1.56. The fourth-order valence-corrected chi connectivity index (χ4v) is 0.862. The minimum Gasteiger partial charge on any atom is -0.466 e. The average Bonchev–Trinajstić information content (AvgIpc) is 2.15. The molecule has 0 aromatic carbocycles. The Morgan fingerprint density at radius 1 is 1.20 bits per heavy atom. The van der Waals surface area contributed by atoms with E-state index in [1.165, 1.54) is 0 Å². The lowest BCUT2D eigenvalue weighted by Crippen LogP contribution is -2.27. The molecule has 0 rings (SSSR count). The topological polar surface area (TPSA) is 98.5 Å². The highest BCUT2D eigenvalue weighted by atomic mass is 16.5. The lowest BCUT2D eigenvalue weighted by molar-refractivity contribution is -0.143. The van der Waals surface area contributed by atoms with Crippen LogP contribution in [0.1, 0.15) is 26.2 Å². The average molecular weight is 216 g/mol. The number of rotatable bonds is 7. The zero-order chi connectivity index (χ0) is 11.7. The number of carbonyl (C=O) groups is 3. The van der Waals surface area contributed by atoms with Crippen LogP contribution in [-0.2, 0) is 19.1 Å². The van der Waals surface area contributed by atoms with Gasteiger partial charge in [0, 0.05) is 19.4 Å². The molecular formula is C9H16N2O4. The highest BCUT2D eigenvalue weighted by molar-refractivity contribution is 5.83. The summed E-state index contributed by atoms with van der Waals surface area (Å²) in [7, 11) is 0. The molecule has 0 fully saturated rings. The van der Waals surface area contributed by atoms with Crippen LogP contribution in [0, 0.1) is 0 Å². The van der Waals surface area contributed by atoms with E-state index < -0.39 is 5.91 Å². The van der Waals surface area contributed by atoms with Crippen molar-refractivity contribution >= 4 is 17.8 Å². The van der Waals surface area contributed by atoms with Gasteiger partial charge in [-0.2, -0.15) is 0 Å². The van der Waals surface area contributed by atoms with Gasteiger partial charge >= 0.3 is 5.97 Å². The molecule has 0 saturated carbocycles. The van der Waals surface area contributed by atoms with Crippen LogP contribution in [0.5, 0.6) is 0 Å². The summed E-state index contributed by atoms with van der Waals surface area (Å²) < 4.78 is 4.66. The first kappa shape index (κ1) is 13.4. The molecule has 6 heteroatoms. The summed E-state index contributed by atoms with van der Waals surface area (Å²) in [5, 5.41) is 2.48. The maximum Gasteiger partial charge on any atom is 0.307 e. The second-order valence-electron chi connectivity index (χ2n) is 2.87. The van der Waals surface area contributed by atoms with Crippen LogP contribution < -0.4 is 11.1 Å². The Bertz CT molecular complexity index is 240. The summed E-state index contributed by atoms with van der Waals surface area (Å²) in [5.74, 6) is -1.17. The molecule has 0 aliphatic carbocycles. The smallest absolute Gasteiger partial charge is 0.307 e. The monoisotopic (exact) mass is 216 g/mol. The molecule has 0 saturated heterocycles. The molecule has 3 N–H and O–H groups in total. The van der Waals surface area contributed by atoms with Gasteiger partial charge in [0.1, 0.15) is 0 Å². The van der Waals surface area contributed by atoms with Crippen LogP contribution in [0.15, 0.2) is 0 Å². The lowest BCUT2D eigenvalue weighted by atomic mass is 10.3. The van der Waals surface area contributed by atoms with Crippen LogP contribution in [0.2, 0.25) is 0 Å². The van der Waals surface area contributed by atoms with Crippen molar-refractivity contribution in [2.75, 3.05) is 13.2 Å². The highest BCUT2D eigenvalue weighted by Gasteiger charge is 2.05. The van der Waals surface area contributed by atoms with E-state index in [9.17, 15) is 14.4 Å². The van der Waals surface area contributed by atoms with Gasteiger partial charge in [0.15, 0.2) is 0 Å². The third kappa shape index (κ3) is 8.73. The Morgan fingerprint density at radius 3 is 2.40 bits per heavy atom. The highest BCUT2D eigenvalue weighted by Crippen LogP contribution is 1.88. The molecule has 0 atom stereocenters. The van der Waals surface area contributed by atoms with Crippen molar-refractivity contribution in [3.05, 3.63) is 0 Å². The maximum absolute atomic E-state index is 11.0. The molecule has 0 aromatic rings. The van der Waals surface area contributed by atoms with Crippen molar-refractivity contribution in [1.82, 2.24) is 5.32 Å². The number of nitrogens with one attached hydrogen (secondary N) is 1. The molecule has 0 radical (unpaired) electrons. The zero-order valence-electron chi connectivity index (χ0n) is 8.75. The van der Waals surface area contributed by atoms with Crippen molar-refractivity contribution in [3.63, 3.8) is 0 Å². The molecule has 0 unspecified atom stereocenters. The molecule has 0 aliphatic heterocycles. The first-order valence-electron chi connectivity index (χ1n) is 4.77. The molecule has 2 amide bonds. The third-order valence-electron chi connectivity index (χ3n) is 1.56. The Balaban J connectivity index is 3.46. The summed E-state index contributed by atoms with van der Waals surface area (Å²) >= 11 is 0. The Morgan fingerprint density at radius 2 is 1.87 bits per heavy atom. The normalized spacial score (nSPS) is 9.40. The van der Waals surface area contributed by atoms with Crippen LogP contribution >= 0.6 is 0 Å². The number of esters is 1. The SMILES string of the molecule is CCOC(=O)CCNC(=O)CCC(N)=O. The number of carbonyl (C=O) groups excluding carboxylic acids is 3. The molecular weight excluding hydrogens is 200 g/mol. The molecule has 86 valence electrons. The number of hydrogen-bond acceptors (Lipinski definition) is 4. The van der Waals surface area contributed by atoms with Gasteiger partial charge in [0.05, 0.1) is 13.0 Å². The van der Waals surface area contributed by atoms with E-state index in [0.717, 1.165) is 0 Å². The van der Waals surface area contributed by atoms with Crippen LogP contribution in [0.25, 0.3) is 0 Å². The molecule has 6 nitrogen and oxygen atoms in total. The van der Waals surface area contributed by atoms with E-state index in [4.69, 9.17) is 5.73 Å². The minimum atomic E-state index is -0.518. The molecule has 0 aliphatic rings. The van der Waals surface area contributed by atoms with E-state index in [-0.39, 0.29) is 37.7 Å². The van der Waals surface area contributed by atoms with E-state index in [0.29, 0.717) is 6.61 Å². The summed E-state index contributed by atoms with van der Waals surface area (Å²) in [5.41, 5.74) is 4.86. The quantitative estimate of drug-likeness (QED) is 0.551. The van der Waals surface area contributed by atoms with E-state index >= 15 is 0 Å². The van der Waals surface area contributed by atoms with Crippen molar-refractivity contribution < 1.29 is 19.1 Å². The van der Waals surface area contributed by atoms with Gasteiger partial charge in [0.25, 0.3) is 0 Å². The van der Waals surface area contributed by atoms with Gasteiger partial charge in [-0.1, -0.05) is 0 Å². The van der Waals surface area contributed by atoms with Crippen molar-refractivity contribution in [2.24, 2.45) is 5.73 Å². The van der Waals surface area contributed by atoms with Gasteiger partial charge < -0.3 is 15.8 Å². The fourth-order valence-electron chi connectivity index (χ4n) is 0.862. The number of amides is 2. The standard InChI is InChI=1S/C9H16N2O4/c1-2-15-9(14)5-6-11-8(13)4-3-7(10)12/h2-6H2,1H3,(H2,10,12)(H,11,13). The summed E-state index contributed by atoms with van der Waals surface area (Å²) in [6, 6.07) is 0. The predicted molar refractivity (Wildman–Crippen MR) is 52.7 cm³/mol. The van der Waals surface area contributed by atoms with Gasteiger partial charge in [-0.05, 0) is 6.92 Å². The first-order valence-corrected chi connectivity index (χ1v) is 4.77. The van der Waals surface area contributed by atoms with Gasteiger partial charge in [0.2, 0.25) is 11.8 Å². The van der Waals surface area contributed by atoms with E-state index in [1.807, 2.05) is 0 Å². The maximum atomic E-state index is 11.0. The minimum absolute atomic E-state index is 0.0191. The molecule has 0 aromatic heterocycles. The van der Waals surface area contributed by atoms with Crippen LogP contribution in [-0.4, -0.2) is 30.9 Å². The zero-order valence-corrected chi connectivity index (χ0v) is 8.75. The Labute approximate surface area is 88.1 Å². The fraction of sp³-hybridized carbons (Fsp3) is 0.667. The van der Waals surface area contributed by atoms with Gasteiger partial charge in [-0.25, -0.2) is 0 Å². The molecule has 0 bridgehead atoms. The van der Waals surface area contributed by atoms with E-state index in [2.05, 4.69) is 10.1 Å². The second kappa shape index (κ2) is 7.78. The summed E-state index contributed by atoms with van der Waals surface area (Å²) in [6.07, 6.45) is 0.208. The molecule has 0 heterocycles. The largest absolute Gasteiger partial charge is 0.466 e. The first-order chi connectivity index (χ1) is 7.06. The van der Waals surface area contributed by atoms with Gasteiger partial charge in [-0.3, -0.25) is 14.4 Å². The summed E-state index contributed by atoms with van der Waals surface area (Å²) in [4.78, 5) is 32.2. The predicted octanol–water partition coefficient (Wildman–Crippen LogP) is -0.679. The van der Waals surface area contributed by atoms with Crippen LogP contribution in [0.3, 0.4) is 0 Å². The lowest BCUT2D eigenvalue weighted by Gasteiger charge is -2.03. The van der Waals surface area contributed by atoms with Crippen molar-refractivity contribution in [3.8, 4) is 0 Å². The number of nitrogens with two attached hydrogens (primary N) is 1. The van der Waals surface area contributed by atoms with Gasteiger partial charge in [-0.15, -0.1) is 0 Å². The Kier molecular flexibility index (Phi) is 6.96. The summed E-state index contributed by atoms with van der Waals surface area (Å²) in [6.45, 7) is 2.26. The Hall–Kier alpha value is -1.59. The van der Waals surface area contributed by atoms with E-state index in [1.54, 1.807) is 6.92 Å². The number of ether oxygens (including phenoxy) is 1. The number of hydrogen-bond donors (Lipinski definition) is 2. The van der Waals surface area contributed by atoms with Crippen molar-refractivity contribution in [2.45, 2.75) is 26.2 Å². The molecule has 15 heavy (non-hydrogen) atoms.